The fraction of sp³-hybridized carbons (Fsp3) is 0.588. The van der Waals surface area contributed by atoms with E-state index in [0.29, 0.717) is 5.92 Å². The zero-order chi connectivity index (χ0) is 14.5. The molecule has 1 aromatic carbocycles. The van der Waals surface area contributed by atoms with Gasteiger partial charge in [0.05, 0.1) is 12.1 Å². The van der Waals surface area contributed by atoms with Crippen molar-refractivity contribution in [2.45, 2.75) is 38.8 Å². The maximum absolute atomic E-state index is 12.7. The zero-order valence-corrected chi connectivity index (χ0v) is 12.7. The van der Waals surface area contributed by atoms with E-state index in [-0.39, 0.29) is 17.9 Å². The van der Waals surface area contributed by atoms with E-state index in [9.17, 15) is 4.79 Å². The van der Waals surface area contributed by atoms with Gasteiger partial charge in [0.15, 0.2) is 5.78 Å². The van der Waals surface area contributed by atoms with E-state index in [0.717, 1.165) is 31.5 Å². The molecule has 1 saturated heterocycles. The van der Waals surface area contributed by atoms with Crippen LogP contribution >= 0.6 is 0 Å². The Hall–Kier alpha value is -1.19. The monoisotopic (exact) mass is 275 g/mol. The molecule has 3 nitrogen and oxygen atoms in total. The summed E-state index contributed by atoms with van der Waals surface area (Å²) in [5, 5.41) is 0. The van der Waals surface area contributed by atoms with E-state index in [2.05, 4.69) is 18.7 Å². The normalized spacial score (nSPS) is 25.4. The summed E-state index contributed by atoms with van der Waals surface area (Å²) in [6.07, 6.45) is 2.18. The van der Waals surface area contributed by atoms with Crippen molar-refractivity contribution in [1.29, 1.82) is 0 Å². The number of nitrogens with zero attached hydrogens (tertiary/aromatic N) is 1. The molecule has 110 valence electrons. The Morgan fingerprint density at radius 3 is 2.70 bits per heavy atom. The molecule has 2 rings (SSSR count). The summed E-state index contributed by atoms with van der Waals surface area (Å²) in [5.74, 6) is 0.804. The van der Waals surface area contributed by atoms with E-state index in [4.69, 9.17) is 4.74 Å². The molecule has 20 heavy (non-hydrogen) atoms. The highest BCUT2D eigenvalue weighted by molar-refractivity contribution is 6.00. The molecule has 0 amide bonds. The van der Waals surface area contributed by atoms with Crippen molar-refractivity contribution in [3.63, 3.8) is 0 Å². The van der Waals surface area contributed by atoms with Crippen LogP contribution < -0.4 is 0 Å². The van der Waals surface area contributed by atoms with Crippen molar-refractivity contribution >= 4 is 5.78 Å². The van der Waals surface area contributed by atoms with Crippen molar-refractivity contribution in [3.8, 4) is 0 Å². The number of hydrogen-bond acceptors (Lipinski definition) is 3. The summed E-state index contributed by atoms with van der Waals surface area (Å²) in [5.41, 5.74) is 0.812. The van der Waals surface area contributed by atoms with Gasteiger partial charge in [-0.2, -0.15) is 0 Å². The average molecular weight is 275 g/mol. The van der Waals surface area contributed by atoms with Crippen LogP contribution in [0.15, 0.2) is 30.3 Å². The average Bonchev–Trinajstić information content (AvgIpc) is 2.50. The first-order valence-corrected chi connectivity index (χ1v) is 7.53. The van der Waals surface area contributed by atoms with E-state index >= 15 is 0 Å². The van der Waals surface area contributed by atoms with Crippen LogP contribution in [-0.4, -0.2) is 43.0 Å². The highest BCUT2D eigenvalue weighted by Crippen LogP contribution is 2.23. The molecule has 0 saturated carbocycles. The van der Waals surface area contributed by atoms with Crippen molar-refractivity contribution < 1.29 is 9.53 Å². The number of likely N-dealkylation sites (tertiary alicyclic amines) is 1. The van der Waals surface area contributed by atoms with Gasteiger partial charge in [-0.05, 0) is 25.3 Å². The fourth-order valence-electron chi connectivity index (χ4n) is 3.05. The lowest BCUT2D eigenvalue weighted by atomic mass is 9.92. The second-order valence-corrected chi connectivity index (χ2v) is 5.69. The van der Waals surface area contributed by atoms with Gasteiger partial charge < -0.3 is 4.74 Å². The topological polar surface area (TPSA) is 29.5 Å². The molecule has 1 aliphatic rings. The first-order chi connectivity index (χ1) is 9.67. The van der Waals surface area contributed by atoms with E-state index < -0.39 is 0 Å². The third kappa shape index (κ3) is 3.28. The number of carbonyl (C=O) groups is 1. The Bertz CT molecular complexity index is 432. The molecule has 3 unspecified atom stereocenters. The lowest BCUT2D eigenvalue weighted by Gasteiger charge is -2.39. The van der Waals surface area contributed by atoms with Crippen LogP contribution in [-0.2, 0) is 4.74 Å². The van der Waals surface area contributed by atoms with Crippen LogP contribution in [0.4, 0.5) is 0 Å². The summed E-state index contributed by atoms with van der Waals surface area (Å²) in [7, 11) is 1.77. The van der Waals surface area contributed by atoms with Gasteiger partial charge >= 0.3 is 0 Å². The molecule has 0 spiro atoms. The molecular weight excluding hydrogens is 250 g/mol. The van der Waals surface area contributed by atoms with Gasteiger partial charge in [0.25, 0.3) is 0 Å². The Morgan fingerprint density at radius 2 is 2.10 bits per heavy atom. The first kappa shape index (κ1) is 15.2. The van der Waals surface area contributed by atoms with Crippen LogP contribution in [0.3, 0.4) is 0 Å². The predicted molar refractivity (Wildman–Crippen MR) is 81.0 cm³/mol. The molecular formula is C17H25NO2. The number of benzene rings is 1. The van der Waals surface area contributed by atoms with E-state index in [1.807, 2.05) is 30.3 Å². The molecule has 0 aliphatic carbocycles. The number of Topliss-reactive ketones (excluding diaryl/α,β-unsaturated/α-hetero) is 1. The largest absolute Gasteiger partial charge is 0.380 e. The lowest BCUT2D eigenvalue weighted by molar-refractivity contribution is -0.0164. The Labute approximate surface area is 121 Å². The summed E-state index contributed by atoms with van der Waals surface area (Å²) in [6.45, 7) is 6.16. The minimum Gasteiger partial charge on any atom is -0.380 e. The van der Waals surface area contributed by atoms with Crippen molar-refractivity contribution in [2.24, 2.45) is 5.92 Å². The molecule has 1 heterocycles. The van der Waals surface area contributed by atoms with Crippen molar-refractivity contribution in [3.05, 3.63) is 35.9 Å². The second kappa shape index (κ2) is 7.00. The Balaban J connectivity index is 2.10. The van der Waals surface area contributed by atoms with Crippen molar-refractivity contribution in [1.82, 2.24) is 4.90 Å². The van der Waals surface area contributed by atoms with Gasteiger partial charge in [-0.15, -0.1) is 0 Å². The van der Waals surface area contributed by atoms with E-state index in [1.165, 1.54) is 0 Å². The van der Waals surface area contributed by atoms with Crippen LogP contribution in [0.2, 0.25) is 0 Å². The Kier molecular flexibility index (Phi) is 5.32. The highest BCUT2D eigenvalue weighted by atomic mass is 16.5. The SMILES string of the molecule is CCC(C(=O)c1ccccc1)N1CCC(C)C(OC)C1. The number of methoxy groups -OCH3 is 1. The number of piperidine rings is 1. The summed E-state index contributed by atoms with van der Waals surface area (Å²) < 4.78 is 5.56. The molecule has 0 bridgehead atoms. The molecule has 1 fully saturated rings. The highest BCUT2D eigenvalue weighted by Gasteiger charge is 2.32. The molecule has 0 radical (unpaired) electrons. The maximum atomic E-state index is 12.7. The maximum Gasteiger partial charge on any atom is 0.179 e. The number of hydrogen-bond donors (Lipinski definition) is 0. The van der Waals surface area contributed by atoms with Crippen LogP contribution in [0.5, 0.6) is 0 Å². The predicted octanol–water partition coefficient (Wildman–Crippen LogP) is 3.00. The molecule has 1 aromatic rings. The minimum absolute atomic E-state index is 0.0254. The van der Waals surface area contributed by atoms with Gasteiger partial charge in [0, 0.05) is 19.2 Å². The lowest BCUT2D eigenvalue weighted by Crippen LogP contribution is -2.51. The molecule has 1 aliphatic heterocycles. The van der Waals surface area contributed by atoms with Gasteiger partial charge in [-0.1, -0.05) is 44.2 Å². The number of ketones is 1. The zero-order valence-electron chi connectivity index (χ0n) is 12.7. The number of ether oxygens (including phenoxy) is 1. The fourth-order valence-corrected chi connectivity index (χ4v) is 3.05. The van der Waals surface area contributed by atoms with E-state index in [1.54, 1.807) is 7.11 Å². The van der Waals surface area contributed by atoms with Crippen LogP contribution in [0, 0.1) is 5.92 Å². The molecule has 0 N–H and O–H groups in total. The third-order valence-corrected chi connectivity index (χ3v) is 4.41. The van der Waals surface area contributed by atoms with Gasteiger partial charge in [0.2, 0.25) is 0 Å². The number of carbonyl (C=O) groups excluding carboxylic acids is 1. The molecule has 3 atom stereocenters. The van der Waals surface area contributed by atoms with Crippen LogP contribution in [0.1, 0.15) is 37.0 Å². The minimum atomic E-state index is -0.0254. The smallest absolute Gasteiger partial charge is 0.179 e. The summed E-state index contributed by atoms with van der Waals surface area (Å²) >= 11 is 0. The first-order valence-electron chi connectivity index (χ1n) is 7.53. The van der Waals surface area contributed by atoms with Gasteiger partial charge in [0.1, 0.15) is 0 Å². The van der Waals surface area contributed by atoms with Crippen molar-refractivity contribution in [2.75, 3.05) is 20.2 Å². The molecule has 3 heteroatoms. The standard InChI is InChI=1S/C17H25NO2/c1-4-15(17(19)14-8-6-5-7-9-14)18-11-10-13(2)16(12-18)20-3/h5-9,13,15-16H,4,10-12H2,1-3H3. The summed E-state index contributed by atoms with van der Waals surface area (Å²) in [4.78, 5) is 15.0. The second-order valence-electron chi connectivity index (χ2n) is 5.69. The molecule has 0 aromatic heterocycles. The third-order valence-electron chi connectivity index (χ3n) is 4.41. The van der Waals surface area contributed by atoms with Gasteiger partial charge in [-0.3, -0.25) is 9.69 Å². The van der Waals surface area contributed by atoms with Crippen LogP contribution in [0.25, 0.3) is 0 Å². The van der Waals surface area contributed by atoms with Gasteiger partial charge in [-0.25, -0.2) is 0 Å². The quantitative estimate of drug-likeness (QED) is 0.774. The Morgan fingerprint density at radius 1 is 1.40 bits per heavy atom. The number of rotatable bonds is 5. The summed E-state index contributed by atoms with van der Waals surface area (Å²) in [6, 6.07) is 9.59.